The molecular weight excluding hydrogens is 306 g/mol. The van der Waals surface area contributed by atoms with E-state index in [0.29, 0.717) is 12.8 Å². The third kappa shape index (κ3) is 4.02. The van der Waals surface area contributed by atoms with Crippen molar-refractivity contribution in [1.29, 1.82) is 0 Å². The molecule has 0 fully saturated rings. The number of amides is 2. The zero-order valence-corrected chi connectivity index (χ0v) is 13.0. The zero-order valence-electron chi connectivity index (χ0n) is 12.2. The van der Waals surface area contributed by atoms with Gasteiger partial charge in [0, 0.05) is 18.7 Å². The average molecular weight is 323 g/mol. The largest absolute Gasteiger partial charge is 0.296 e. The Morgan fingerprint density at radius 2 is 1.59 bits per heavy atom. The summed E-state index contributed by atoms with van der Waals surface area (Å²) in [6.07, 6.45) is 3.37. The fourth-order valence-corrected chi connectivity index (χ4v) is 2.91. The van der Waals surface area contributed by atoms with Crippen LogP contribution in [-0.2, 0) is 23.9 Å². The normalized spacial score (nSPS) is 14.9. The first-order valence-electron chi connectivity index (χ1n) is 6.90. The van der Waals surface area contributed by atoms with Gasteiger partial charge in [-0.3, -0.25) is 18.7 Å². The summed E-state index contributed by atoms with van der Waals surface area (Å²) in [6, 6.07) is 6.40. The summed E-state index contributed by atoms with van der Waals surface area (Å²) in [5.41, 5.74) is 0.965. The maximum Gasteiger partial charge on any atom is 0.296 e. The lowest BCUT2D eigenvalue weighted by atomic mass is 10.2. The summed E-state index contributed by atoms with van der Waals surface area (Å²) in [5, 5.41) is 0. The lowest BCUT2D eigenvalue weighted by Gasteiger charge is -2.13. The monoisotopic (exact) mass is 323 g/mol. The zero-order chi connectivity index (χ0) is 16.2. The number of imide groups is 1. The van der Waals surface area contributed by atoms with Gasteiger partial charge in [-0.2, -0.15) is 8.42 Å². The van der Waals surface area contributed by atoms with E-state index < -0.39 is 10.1 Å². The SMILES string of the molecule is Cc1ccc(S(=O)(=O)OCCCCN2C(=O)C=CC2=O)cc1. The van der Waals surface area contributed by atoms with E-state index >= 15 is 0 Å². The first-order valence-corrected chi connectivity index (χ1v) is 8.30. The quantitative estimate of drug-likeness (QED) is 0.430. The molecule has 0 aliphatic carbocycles. The maximum atomic E-state index is 11.9. The van der Waals surface area contributed by atoms with Crippen molar-refractivity contribution in [3.63, 3.8) is 0 Å². The van der Waals surface area contributed by atoms with Gasteiger partial charge in [-0.15, -0.1) is 0 Å². The number of carbonyl (C=O) groups excluding carboxylic acids is 2. The van der Waals surface area contributed by atoms with Crippen molar-refractivity contribution in [2.75, 3.05) is 13.2 Å². The third-order valence-electron chi connectivity index (χ3n) is 3.22. The van der Waals surface area contributed by atoms with Crippen molar-refractivity contribution >= 4 is 21.9 Å². The lowest BCUT2D eigenvalue weighted by Crippen LogP contribution is -2.31. The summed E-state index contributed by atoms with van der Waals surface area (Å²) >= 11 is 0. The van der Waals surface area contributed by atoms with Gasteiger partial charge < -0.3 is 0 Å². The highest BCUT2D eigenvalue weighted by molar-refractivity contribution is 7.86. The van der Waals surface area contributed by atoms with Gasteiger partial charge in [0.25, 0.3) is 21.9 Å². The number of hydrogen-bond donors (Lipinski definition) is 0. The van der Waals surface area contributed by atoms with Crippen molar-refractivity contribution in [3.05, 3.63) is 42.0 Å². The average Bonchev–Trinajstić information content (AvgIpc) is 2.79. The summed E-state index contributed by atoms with van der Waals surface area (Å²) in [4.78, 5) is 23.9. The van der Waals surface area contributed by atoms with E-state index in [0.717, 1.165) is 10.5 Å². The molecule has 0 bridgehead atoms. The highest BCUT2D eigenvalue weighted by Crippen LogP contribution is 2.14. The van der Waals surface area contributed by atoms with Gasteiger partial charge in [-0.25, -0.2) is 0 Å². The molecule has 1 aromatic carbocycles. The predicted molar refractivity (Wildman–Crippen MR) is 79.4 cm³/mol. The van der Waals surface area contributed by atoms with Gasteiger partial charge in [0.15, 0.2) is 0 Å². The Kier molecular flexibility index (Phi) is 5.10. The molecule has 1 aromatic rings. The highest BCUT2D eigenvalue weighted by Gasteiger charge is 2.22. The van der Waals surface area contributed by atoms with Crippen molar-refractivity contribution in [2.24, 2.45) is 0 Å². The third-order valence-corrected chi connectivity index (χ3v) is 4.55. The van der Waals surface area contributed by atoms with E-state index in [1.807, 2.05) is 6.92 Å². The Bertz CT molecular complexity index is 673. The molecule has 1 heterocycles. The number of unbranched alkanes of at least 4 members (excludes halogenated alkanes) is 1. The molecule has 0 atom stereocenters. The molecule has 118 valence electrons. The van der Waals surface area contributed by atoms with Gasteiger partial charge in [0.2, 0.25) is 0 Å². The molecule has 6 nitrogen and oxygen atoms in total. The van der Waals surface area contributed by atoms with Crippen LogP contribution >= 0.6 is 0 Å². The van der Waals surface area contributed by atoms with E-state index in [-0.39, 0.29) is 29.9 Å². The van der Waals surface area contributed by atoms with Crippen molar-refractivity contribution in [1.82, 2.24) is 4.90 Å². The van der Waals surface area contributed by atoms with Crippen LogP contribution in [0.15, 0.2) is 41.3 Å². The summed E-state index contributed by atoms with van der Waals surface area (Å²) in [7, 11) is -3.76. The summed E-state index contributed by atoms with van der Waals surface area (Å²) in [5.74, 6) is -0.670. The van der Waals surface area contributed by atoms with Crippen LogP contribution in [0.25, 0.3) is 0 Å². The number of carbonyl (C=O) groups is 2. The molecule has 0 aromatic heterocycles. The van der Waals surface area contributed by atoms with Gasteiger partial charge >= 0.3 is 0 Å². The highest BCUT2D eigenvalue weighted by atomic mass is 32.2. The van der Waals surface area contributed by atoms with E-state index in [9.17, 15) is 18.0 Å². The molecular formula is C15H17NO5S. The molecule has 0 saturated heterocycles. The Labute approximate surface area is 129 Å². The van der Waals surface area contributed by atoms with Gasteiger partial charge in [-0.05, 0) is 31.9 Å². The van der Waals surface area contributed by atoms with E-state index in [4.69, 9.17) is 4.18 Å². The molecule has 1 aliphatic rings. The smallest absolute Gasteiger partial charge is 0.275 e. The Balaban J connectivity index is 1.75. The number of nitrogens with zero attached hydrogens (tertiary/aromatic N) is 1. The molecule has 0 spiro atoms. The van der Waals surface area contributed by atoms with Crippen LogP contribution in [0.2, 0.25) is 0 Å². The second-order valence-electron chi connectivity index (χ2n) is 4.96. The molecule has 2 amide bonds. The molecule has 0 unspecified atom stereocenters. The molecule has 22 heavy (non-hydrogen) atoms. The van der Waals surface area contributed by atoms with Gasteiger partial charge in [-0.1, -0.05) is 17.7 Å². The first-order chi connectivity index (χ1) is 10.4. The second-order valence-corrected chi connectivity index (χ2v) is 6.57. The predicted octanol–water partition coefficient (Wildman–Crippen LogP) is 1.41. The van der Waals surface area contributed by atoms with E-state index in [1.54, 1.807) is 12.1 Å². The maximum absolute atomic E-state index is 11.9. The van der Waals surface area contributed by atoms with Crippen LogP contribution in [0.4, 0.5) is 0 Å². The first kappa shape index (κ1) is 16.4. The summed E-state index contributed by atoms with van der Waals surface area (Å²) in [6.45, 7) is 2.14. The van der Waals surface area contributed by atoms with Gasteiger partial charge in [0.05, 0.1) is 11.5 Å². The van der Waals surface area contributed by atoms with Gasteiger partial charge in [0.1, 0.15) is 0 Å². The standard InChI is InChI=1S/C15H17NO5S/c1-12-4-6-13(7-5-12)22(19,20)21-11-3-2-10-16-14(17)8-9-15(16)18/h4-9H,2-3,10-11H2,1H3. The Morgan fingerprint density at radius 1 is 1.00 bits per heavy atom. The van der Waals surface area contributed by atoms with Crippen LogP contribution in [-0.4, -0.2) is 38.3 Å². The van der Waals surface area contributed by atoms with Crippen LogP contribution in [0, 0.1) is 6.92 Å². The Morgan fingerprint density at radius 3 is 2.18 bits per heavy atom. The number of aryl methyl sites for hydroxylation is 1. The van der Waals surface area contributed by atoms with Crippen LogP contribution < -0.4 is 0 Å². The molecule has 0 saturated carbocycles. The van der Waals surface area contributed by atoms with Crippen LogP contribution in [0.3, 0.4) is 0 Å². The molecule has 7 heteroatoms. The second kappa shape index (κ2) is 6.85. The minimum Gasteiger partial charge on any atom is -0.275 e. The molecule has 0 N–H and O–H groups in total. The topological polar surface area (TPSA) is 80.8 Å². The van der Waals surface area contributed by atoms with Crippen LogP contribution in [0.5, 0.6) is 0 Å². The minimum atomic E-state index is -3.76. The molecule has 1 aliphatic heterocycles. The number of rotatable bonds is 7. The fraction of sp³-hybridized carbons (Fsp3) is 0.333. The van der Waals surface area contributed by atoms with Crippen LogP contribution in [0.1, 0.15) is 18.4 Å². The van der Waals surface area contributed by atoms with Crippen molar-refractivity contribution < 1.29 is 22.2 Å². The van der Waals surface area contributed by atoms with E-state index in [1.165, 1.54) is 24.3 Å². The summed E-state index contributed by atoms with van der Waals surface area (Å²) < 4.78 is 28.8. The Hall–Kier alpha value is -1.99. The lowest BCUT2D eigenvalue weighted by molar-refractivity contribution is -0.136. The fourth-order valence-electron chi connectivity index (χ4n) is 1.97. The number of hydrogen-bond acceptors (Lipinski definition) is 5. The van der Waals surface area contributed by atoms with E-state index in [2.05, 4.69) is 0 Å². The van der Waals surface area contributed by atoms with Crippen molar-refractivity contribution in [3.8, 4) is 0 Å². The minimum absolute atomic E-state index is 0.0137. The molecule has 0 radical (unpaired) electrons. The molecule has 2 rings (SSSR count). The van der Waals surface area contributed by atoms with Crippen molar-refractivity contribution in [2.45, 2.75) is 24.7 Å². The number of benzene rings is 1.